The number of anilines is 2. The van der Waals surface area contributed by atoms with E-state index in [1.807, 2.05) is 6.07 Å². The summed E-state index contributed by atoms with van der Waals surface area (Å²) < 4.78 is 0. The normalized spacial score (nSPS) is 21.7. The number of benzene rings is 1. The molecule has 1 heterocycles. The average molecular weight is 222 g/mol. The van der Waals surface area contributed by atoms with E-state index in [-0.39, 0.29) is 0 Å². The maximum absolute atomic E-state index is 5.84. The Hall–Kier alpha value is -0.830. The predicted molar refractivity (Wildman–Crippen MR) is 69.7 cm³/mol. The Morgan fingerprint density at radius 3 is 3.00 bits per heavy atom. The monoisotopic (exact) mass is 222 g/mol. The van der Waals surface area contributed by atoms with Crippen LogP contribution in [0.15, 0.2) is 18.2 Å². The molecule has 0 radical (unpaired) electrons. The van der Waals surface area contributed by atoms with E-state index in [1.54, 1.807) is 0 Å². The van der Waals surface area contributed by atoms with Crippen LogP contribution in [0.4, 0.5) is 11.4 Å². The van der Waals surface area contributed by atoms with E-state index in [4.69, 9.17) is 5.73 Å². The van der Waals surface area contributed by atoms with Crippen LogP contribution in [-0.4, -0.2) is 24.1 Å². The second-order valence-electron chi connectivity index (χ2n) is 4.17. The molecular formula is C12H18N2S. The third-order valence-corrected chi connectivity index (χ3v) is 3.95. The molecule has 1 saturated heterocycles. The summed E-state index contributed by atoms with van der Waals surface area (Å²) in [4.78, 5) is 2.45. The molecule has 2 N–H and O–H groups in total. The number of aryl methyl sites for hydroxylation is 1. The minimum Gasteiger partial charge on any atom is -0.399 e. The van der Waals surface area contributed by atoms with Crippen LogP contribution in [0, 0.1) is 6.92 Å². The number of hydrogen-bond acceptors (Lipinski definition) is 3. The SMILES string of the molecule is Cc1ccc(N)cc1N1CCSC(C)C1. The van der Waals surface area contributed by atoms with E-state index in [0.29, 0.717) is 0 Å². The number of nitrogens with zero attached hydrogens (tertiary/aromatic N) is 1. The van der Waals surface area contributed by atoms with Crippen molar-refractivity contribution in [3.8, 4) is 0 Å². The predicted octanol–water partition coefficient (Wildman–Crippen LogP) is 2.52. The lowest BCUT2D eigenvalue weighted by atomic mass is 10.1. The number of thioether (sulfide) groups is 1. The molecule has 1 aliphatic rings. The third kappa shape index (κ3) is 2.40. The first kappa shape index (κ1) is 10.7. The molecule has 0 amide bonds. The highest BCUT2D eigenvalue weighted by atomic mass is 32.2. The molecule has 0 bridgehead atoms. The lowest BCUT2D eigenvalue weighted by Crippen LogP contribution is -2.37. The first-order chi connectivity index (χ1) is 7.16. The Morgan fingerprint density at radius 1 is 1.47 bits per heavy atom. The van der Waals surface area contributed by atoms with Gasteiger partial charge in [-0.15, -0.1) is 0 Å². The summed E-state index contributed by atoms with van der Waals surface area (Å²) >= 11 is 2.05. The van der Waals surface area contributed by atoms with Gasteiger partial charge in [0.15, 0.2) is 0 Å². The highest BCUT2D eigenvalue weighted by Crippen LogP contribution is 2.27. The molecule has 1 fully saturated rings. The lowest BCUT2D eigenvalue weighted by molar-refractivity contribution is 0.780. The molecule has 0 aliphatic carbocycles. The Bertz CT molecular complexity index is 351. The van der Waals surface area contributed by atoms with Crippen molar-refractivity contribution in [3.63, 3.8) is 0 Å². The smallest absolute Gasteiger partial charge is 0.0417 e. The summed E-state index contributed by atoms with van der Waals surface area (Å²) in [5, 5.41) is 0.722. The highest BCUT2D eigenvalue weighted by Gasteiger charge is 2.18. The van der Waals surface area contributed by atoms with Crippen LogP contribution < -0.4 is 10.6 Å². The van der Waals surface area contributed by atoms with Crippen LogP contribution in [0.25, 0.3) is 0 Å². The zero-order chi connectivity index (χ0) is 10.8. The van der Waals surface area contributed by atoms with Gasteiger partial charge in [-0.2, -0.15) is 11.8 Å². The number of nitrogen functional groups attached to an aromatic ring is 1. The van der Waals surface area contributed by atoms with Crippen LogP contribution >= 0.6 is 11.8 Å². The van der Waals surface area contributed by atoms with Gasteiger partial charge in [-0.25, -0.2) is 0 Å². The van der Waals surface area contributed by atoms with E-state index < -0.39 is 0 Å². The van der Waals surface area contributed by atoms with Crippen molar-refractivity contribution in [1.29, 1.82) is 0 Å². The van der Waals surface area contributed by atoms with Crippen molar-refractivity contribution in [2.24, 2.45) is 0 Å². The molecule has 1 unspecified atom stereocenters. The molecule has 0 saturated carbocycles. The van der Waals surface area contributed by atoms with Gasteiger partial charge in [-0.05, 0) is 24.6 Å². The van der Waals surface area contributed by atoms with Gasteiger partial charge in [0.05, 0.1) is 0 Å². The largest absolute Gasteiger partial charge is 0.399 e. The van der Waals surface area contributed by atoms with E-state index in [2.05, 4.69) is 42.6 Å². The standard InChI is InChI=1S/C12H18N2S/c1-9-3-4-11(13)7-12(9)14-5-6-15-10(2)8-14/h3-4,7,10H,5-6,8,13H2,1-2H3. The zero-order valence-corrected chi connectivity index (χ0v) is 10.2. The fourth-order valence-electron chi connectivity index (χ4n) is 2.00. The molecule has 0 spiro atoms. The minimum absolute atomic E-state index is 0.722. The van der Waals surface area contributed by atoms with Crippen molar-refractivity contribution in [2.45, 2.75) is 19.1 Å². The summed E-state index contributed by atoms with van der Waals surface area (Å²) in [5.74, 6) is 1.22. The van der Waals surface area contributed by atoms with Crippen LogP contribution in [0.5, 0.6) is 0 Å². The number of rotatable bonds is 1. The zero-order valence-electron chi connectivity index (χ0n) is 9.36. The minimum atomic E-state index is 0.722. The van der Waals surface area contributed by atoms with Gasteiger partial charge in [0.25, 0.3) is 0 Å². The van der Waals surface area contributed by atoms with Crippen molar-refractivity contribution >= 4 is 23.1 Å². The van der Waals surface area contributed by atoms with E-state index in [1.165, 1.54) is 17.0 Å². The van der Waals surface area contributed by atoms with Crippen molar-refractivity contribution in [2.75, 3.05) is 29.5 Å². The Kier molecular flexibility index (Phi) is 3.10. The average Bonchev–Trinajstić information content (AvgIpc) is 2.22. The summed E-state index contributed by atoms with van der Waals surface area (Å²) in [6.07, 6.45) is 0. The quantitative estimate of drug-likeness (QED) is 0.740. The van der Waals surface area contributed by atoms with E-state index in [9.17, 15) is 0 Å². The van der Waals surface area contributed by atoms with Gasteiger partial charge >= 0.3 is 0 Å². The fourth-order valence-corrected chi connectivity index (χ4v) is 3.02. The molecular weight excluding hydrogens is 204 g/mol. The Balaban J connectivity index is 2.24. The van der Waals surface area contributed by atoms with Crippen molar-refractivity contribution in [1.82, 2.24) is 0 Å². The van der Waals surface area contributed by atoms with E-state index in [0.717, 1.165) is 24.0 Å². The summed E-state index contributed by atoms with van der Waals surface area (Å²) in [5.41, 5.74) is 9.33. The summed E-state index contributed by atoms with van der Waals surface area (Å²) in [6, 6.07) is 6.18. The molecule has 3 heteroatoms. The maximum Gasteiger partial charge on any atom is 0.0417 e. The van der Waals surface area contributed by atoms with Gasteiger partial charge < -0.3 is 10.6 Å². The molecule has 15 heavy (non-hydrogen) atoms. The maximum atomic E-state index is 5.84. The van der Waals surface area contributed by atoms with Gasteiger partial charge in [-0.1, -0.05) is 13.0 Å². The van der Waals surface area contributed by atoms with Crippen LogP contribution in [0.1, 0.15) is 12.5 Å². The van der Waals surface area contributed by atoms with Gasteiger partial charge in [0.1, 0.15) is 0 Å². The van der Waals surface area contributed by atoms with Crippen molar-refractivity contribution in [3.05, 3.63) is 23.8 Å². The Morgan fingerprint density at radius 2 is 2.27 bits per heavy atom. The summed E-state index contributed by atoms with van der Waals surface area (Å²) in [7, 11) is 0. The molecule has 0 aromatic heterocycles. The molecule has 1 aromatic rings. The van der Waals surface area contributed by atoms with Crippen LogP contribution in [0.3, 0.4) is 0 Å². The molecule has 1 atom stereocenters. The topological polar surface area (TPSA) is 29.3 Å². The molecule has 2 nitrogen and oxygen atoms in total. The van der Waals surface area contributed by atoms with Gasteiger partial charge in [0.2, 0.25) is 0 Å². The van der Waals surface area contributed by atoms with Gasteiger partial charge in [-0.3, -0.25) is 0 Å². The summed E-state index contributed by atoms with van der Waals surface area (Å²) in [6.45, 7) is 6.72. The number of nitrogens with two attached hydrogens (primary N) is 1. The first-order valence-corrected chi connectivity index (χ1v) is 6.44. The molecule has 1 aliphatic heterocycles. The Labute approximate surface area is 95.8 Å². The van der Waals surface area contributed by atoms with E-state index >= 15 is 0 Å². The van der Waals surface area contributed by atoms with Gasteiger partial charge in [0, 0.05) is 35.5 Å². The molecule has 2 rings (SSSR count). The highest BCUT2D eigenvalue weighted by molar-refractivity contribution is 8.00. The van der Waals surface area contributed by atoms with Crippen LogP contribution in [0.2, 0.25) is 0 Å². The van der Waals surface area contributed by atoms with Crippen molar-refractivity contribution < 1.29 is 0 Å². The second kappa shape index (κ2) is 4.35. The first-order valence-electron chi connectivity index (χ1n) is 5.39. The molecule has 1 aromatic carbocycles. The third-order valence-electron chi connectivity index (χ3n) is 2.81. The van der Waals surface area contributed by atoms with Crippen LogP contribution in [-0.2, 0) is 0 Å². The fraction of sp³-hybridized carbons (Fsp3) is 0.500. The molecule has 82 valence electrons. The second-order valence-corrected chi connectivity index (χ2v) is 5.72. The lowest BCUT2D eigenvalue weighted by Gasteiger charge is -2.33. The number of hydrogen-bond donors (Lipinski definition) is 1.